The molecule has 1 saturated carbocycles. The number of benzene rings is 1. The maximum atomic E-state index is 11.8. The first kappa shape index (κ1) is 17.6. The van der Waals surface area contributed by atoms with Crippen LogP contribution < -0.4 is 10.6 Å². The number of aromatic hydroxyl groups is 1. The van der Waals surface area contributed by atoms with Gasteiger partial charge < -0.3 is 20.5 Å². The molecule has 1 aromatic rings. The first-order valence-corrected chi connectivity index (χ1v) is 8.31. The van der Waals surface area contributed by atoms with Crippen molar-refractivity contribution in [3.63, 3.8) is 0 Å². The van der Waals surface area contributed by atoms with Crippen molar-refractivity contribution in [1.29, 1.82) is 0 Å². The number of alkyl carbamates (subject to hydrolysis) is 1. The lowest BCUT2D eigenvalue weighted by Crippen LogP contribution is -2.40. The molecule has 1 amide bonds. The number of nitrogens with one attached hydrogen (secondary N) is 2. The van der Waals surface area contributed by atoms with Crippen molar-refractivity contribution in [2.75, 3.05) is 6.54 Å². The largest absolute Gasteiger partial charge is 0.508 e. The Labute approximate surface area is 138 Å². The van der Waals surface area contributed by atoms with Gasteiger partial charge in [-0.05, 0) is 57.2 Å². The van der Waals surface area contributed by atoms with Gasteiger partial charge in [0.2, 0.25) is 0 Å². The van der Waals surface area contributed by atoms with E-state index < -0.39 is 5.60 Å². The molecule has 23 heavy (non-hydrogen) atoms. The Morgan fingerprint density at radius 3 is 2.61 bits per heavy atom. The minimum atomic E-state index is -0.462. The van der Waals surface area contributed by atoms with Gasteiger partial charge in [-0.2, -0.15) is 0 Å². The van der Waals surface area contributed by atoms with Gasteiger partial charge in [0.05, 0.1) is 0 Å². The second kappa shape index (κ2) is 7.68. The van der Waals surface area contributed by atoms with E-state index in [9.17, 15) is 9.90 Å². The zero-order chi connectivity index (χ0) is 16.9. The van der Waals surface area contributed by atoms with Gasteiger partial charge in [0, 0.05) is 19.1 Å². The number of carbonyl (C=O) groups excluding carboxylic acids is 1. The van der Waals surface area contributed by atoms with Gasteiger partial charge in [0.25, 0.3) is 0 Å². The molecule has 2 atom stereocenters. The number of phenols is 1. The summed E-state index contributed by atoms with van der Waals surface area (Å²) in [6.07, 6.45) is 3.07. The van der Waals surface area contributed by atoms with Crippen LogP contribution in [0.3, 0.4) is 0 Å². The van der Waals surface area contributed by atoms with E-state index >= 15 is 0 Å². The lowest BCUT2D eigenvalue weighted by molar-refractivity contribution is 0.0517. The average molecular weight is 320 g/mol. The lowest BCUT2D eigenvalue weighted by atomic mass is 10.0. The van der Waals surface area contributed by atoms with E-state index in [-0.39, 0.29) is 11.8 Å². The van der Waals surface area contributed by atoms with Crippen molar-refractivity contribution in [2.45, 2.75) is 58.2 Å². The van der Waals surface area contributed by atoms with E-state index in [1.54, 1.807) is 12.1 Å². The second-order valence-electron chi connectivity index (χ2n) is 7.23. The molecule has 0 heterocycles. The van der Waals surface area contributed by atoms with E-state index in [4.69, 9.17) is 4.74 Å². The van der Waals surface area contributed by atoms with E-state index in [0.29, 0.717) is 18.5 Å². The van der Waals surface area contributed by atoms with E-state index in [0.717, 1.165) is 24.9 Å². The molecule has 3 N–H and O–H groups in total. The number of phenolic OH excluding ortho intramolecular Hbond substituents is 1. The quantitative estimate of drug-likeness (QED) is 0.779. The molecule has 0 saturated heterocycles. The molecule has 1 aliphatic rings. The maximum absolute atomic E-state index is 11.8. The molecule has 1 fully saturated rings. The van der Waals surface area contributed by atoms with Crippen LogP contribution in [-0.4, -0.2) is 29.4 Å². The summed E-state index contributed by atoms with van der Waals surface area (Å²) in [5.74, 6) is 0.716. The Kier molecular flexibility index (Phi) is 5.88. The summed E-state index contributed by atoms with van der Waals surface area (Å²) in [4.78, 5) is 11.8. The fourth-order valence-electron chi connectivity index (χ4n) is 2.94. The number of ether oxygens (including phenoxy) is 1. The monoisotopic (exact) mass is 320 g/mol. The highest BCUT2D eigenvalue weighted by atomic mass is 16.6. The van der Waals surface area contributed by atoms with Crippen LogP contribution in [0.15, 0.2) is 24.3 Å². The Bertz CT molecular complexity index is 508. The van der Waals surface area contributed by atoms with Crippen molar-refractivity contribution in [3.8, 4) is 5.75 Å². The van der Waals surface area contributed by atoms with Gasteiger partial charge in [-0.3, -0.25) is 0 Å². The average Bonchev–Trinajstić information content (AvgIpc) is 2.90. The summed E-state index contributed by atoms with van der Waals surface area (Å²) in [5, 5.41) is 15.8. The summed E-state index contributed by atoms with van der Waals surface area (Å²) < 4.78 is 5.28. The van der Waals surface area contributed by atoms with Crippen LogP contribution in [0.4, 0.5) is 4.79 Å². The zero-order valence-electron chi connectivity index (χ0n) is 14.3. The SMILES string of the molecule is CC(C)(C)OC(=O)NCC1CCCC1NCc1ccc(O)cc1. The van der Waals surface area contributed by atoms with Crippen molar-refractivity contribution in [1.82, 2.24) is 10.6 Å². The highest BCUT2D eigenvalue weighted by Crippen LogP contribution is 2.25. The molecular weight excluding hydrogens is 292 g/mol. The fraction of sp³-hybridized carbons (Fsp3) is 0.611. The van der Waals surface area contributed by atoms with Crippen LogP contribution in [0.1, 0.15) is 45.6 Å². The van der Waals surface area contributed by atoms with Gasteiger partial charge in [0.15, 0.2) is 0 Å². The third-order valence-electron chi connectivity index (χ3n) is 4.07. The molecule has 0 aliphatic heterocycles. The van der Waals surface area contributed by atoms with Gasteiger partial charge in [-0.1, -0.05) is 18.6 Å². The van der Waals surface area contributed by atoms with Crippen molar-refractivity contribution in [3.05, 3.63) is 29.8 Å². The predicted molar refractivity (Wildman–Crippen MR) is 90.3 cm³/mol. The van der Waals surface area contributed by atoms with Crippen LogP contribution >= 0.6 is 0 Å². The standard InChI is InChI=1S/C18H28N2O3/c1-18(2,3)23-17(22)20-12-14-5-4-6-16(14)19-11-13-7-9-15(21)10-8-13/h7-10,14,16,19,21H,4-6,11-12H2,1-3H3,(H,20,22). The fourth-order valence-corrected chi connectivity index (χ4v) is 2.94. The third kappa shape index (κ3) is 6.10. The topological polar surface area (TPSA) is 70.6 Å². The summed E-state index contributed by atoms with van der Waals surface area (Å²) in [6, 6.07) is 7.65. The molecule has 1 aliphatic carbocycles. The van der Waals surface area contributed by atoms with Gasteiger partial charge >= 0.3 is 6.09 Å². The minimum Gasteiger partial charge on any atom is -0.508 e. The molecule has 128 valence electrons. The van der Waals surface area contributed by atoms with E-state index in [1.165, 1.54) is 6.42 Å². The first-order chi connectivity index (χ1) is 10.8. The number of carbonyl (C=O) groups is 1. The molecule has 5 nitrogen and oxygen atoms in total. The second-order valence-corrected chi connectivity index (χ2v) is 7.23. The molecule has 0 radical (unpaired) electrons. The number of hydrogen-bond donors (Lipinski definition) is 3. The Morgan fingerprint density at radius 1 is 1.26 bits per heavy atom. The van der Waals surface area contributed by atoms with Crippen LogP contribution in [-0.2, 0) is 11.3 Å². The Morgan fingerprint density at radius 2 is 1.96 bits per heavy atom. The molecule has 0 aromatic heterocycles. The van der Waals surface area contributed by atoms with Crippen molar-refractivity contribution in [2.24, 2.45) is 5.92 Å². The molecule has 0 spiro atoms. The van der Waals surface area contributed by atoms with Crippen LogP contribution in [0.5, 0.6) is 5.75 Å². The lowest BCUT2D eigenvalue weighted by Gasteiger charge is -2.23. The van der Waals surface area contributed by atoms with Crippen LogP contribution in [0.2, 0.25) is 0 Å². The summed E-state index contributed by atoms with van der Waals surface area (Å²) in [6.45, 7) is 7.01. The van der Waals surface area contributed by atoms with Gasteiger partial charge in [0.1, 0.15) is 11.4 Å². The van der Waals surface area contributed by atoms with Crippen LogP contribution in [0.25, 0.3) is 0 Å². The van der Waals surface area contributed by atoms with Crippen molar-refractivity contribution < 1.29 is 14.6 Å². The Balaban J connectivity index is 1.76. The van der Waals surface area contributed by atoms with Gasteiger partial charge in [-0.15, -0.1) is 0 Å². The molecule has 2 unspecified atom stereocenters. The summed E-state index contributed by atoms with van der Waals surface area (Å²) >= 11 is 0. The first-order valence-electron chi connectivity index (χ1n) is 8.31. The zero-order valence-corrected chi connectivity index (χ0v) is 14.3. The Hall–Kier alpha value is -1.75. The van der Waals surface area contributed by atoms with Crippen LogP contribution in [0, 0.1) is 5.92 Å². The highest BCUT2D eigenvalue weighted by molar-refractivity contribution is 5.67. The molecule has 1 aromatic carbocycles. The molecular formula is C18H28N2O3. The number of amides is 1. The molecule has 2 rings (SSSR count). The predicted octanol–water partition coefficient (Wildman–Crippen LogP) is 3.18. The molecule has 0 bridgehead atoms. The molecule has 5 heteroatoms. The third-order valence-corrected chi connectivity index (χ3v) is 4.07. The maximum Gasteiger partial charge on any atom is 0.407 e. The number of rotatable bonds is 5. The number of hydrogen-bond acceptors (Lipinski definition) is 4. The highest BCUT2D eigenvalue weighted by Gasteiger charge is 2.27. The summed E-state index contributed by atoms with van der Waals surface area (Å²) in [5.41, 5.74) is 0.685. The smallest absolute Gasteiger partial charge is 0.407 e. The van der Waals surface area contributed by atoms with Crippen molar-refractivity contribution >= 4 is 6.09 Å². The normalized spacial score (nSPS) is 21.2. The van der Waals surface area contributed by atoms with E-state index in [2.05, 4.69) is 10.6 Å². The van der Waals surface area contributed by atoms with Gasteiger partial charge in [-0.25, -0.2) is 4.79 Å². The summed E-state index contributed by atoms with van der Waals surface area (Å²) in [7, 11) is 0. The minimum absolute atomic E-state index is 0.286. The van der Waals surface area contributed by atoms with E-state index in [1.807, 2.05) is 32.9 Å².